The van der Waals surface area contributed by atoms with Crippen LogP contribution in [0.5, 0.6) is 0 Å². The van der Waals surface area contributed by atoms with Gasteiger partial charge in [-0.1, -0.05) is 12.1 Å². The highest BCUT2D eigenvalue weighted by Crippen LogP contribution is 2.23. The highest BCUT2D eigenvalue weighted by Gasteiger charge is 2.11. The Balaban J connectivity index is 2.43. The molecule has 19 heavy (non-hydrogen) atoms. The molecule has 96 valence electrons. The van der Waals surface area contributed by atoms with Crippen molar-refractivity contribution in [1.82, 2.24) is 14.5 Å². The molecule has 0 spiro atoms. The summed E-state index contributed by atoms with van der Waals surface area (Å²) in [6.07, 6.45) is 1.82. The number of H-pyrrole nitrogens is 1. The zero-order valence-corrected chi connectivity index (χ0v) is 12.0. The number of fused-ring (bicyclic) bond motifs is 1. The Labute approximate surface area is 116 Å². The minimum Gasteiger partial charge on any atom is -0.329 e. The maximum Gasteiger partial charge on any atom is 0.184 e. The largest absolute Gasteiger partial charge is 0.329 e. The van der Waals surface area contributed by atoms with E-state index in [2.05, 4.69) is 48.9 Å². The highest BCUT2D eigenvalue weighted by molar-refractivity contribution is 7.71. The Morgan fingerprint density at radius 2 is 1.89 bits per heavy atom. The SMILES string of the molecule is Cc1ccc(C)c(-n2c(=S)[nH]c3c(C)ccnc32)c1. The highest BCUT2D eigenvalue weighted by atomic mass is 32.1. The normalized spacial score (nSPS) is 11.1. The summed E-state index contributed by atoms with van der Waals surface area (Å²) in [6, 6.07) is 8.35. The molecule has 0 unspecified atom stereocenters. The standard InChI is InChI=1S/C15H15N3S/c1-9-4-5-10(2)12(8-9)18-14-13(17-15(18)19)11(3)6-7-16-14/h4-8H,1-3H3,(H,17,19). The summed E-state index contributed by atoms with van der Waals surface area (Å²) >= 11 is 5.46. The molecule has 1 aromatic carbocycles. The van der Waals surface area contributed by atoms with Crippen LogP contribution in [0.4, 0.5) is 0 Å². The van der Waals surface area contributed by atoms with Crippen molar-refractivity contribution in [2.24, 2.45) is 0 Å². The molecule has 0 saturated heterocycles. The summed E-state index contributed by atoms with van der Waals surface area (Å²) in [5, 5.41) is 0. The fourth-order valence-electron chi connectivity index (χ4n) is 2.31. The second-order valence-corrected chi connectivity index (χ2v) is 5.27. The number of aromatic nitrogens is 3. The fourth-order valence-corrected chi connectivity index (χ4v) is 2.60. The summed E-state index contributed by atoms with van der Waals surface area (Å²) < 4.78 is 2.70. The summed E-state index contributed by atoms with van der Waals surface area (Å²) in [7, 11) is 0. The van der Waals surface area contributed by atoms with Crippen molar-refractivity contribution in [3.05, 3.63) is 51.9 Å². The molecule has 2 aromatic heterocycles. The lowest BCUT2D eigenvalue weighted by Crippen LogP contribution is -1.99. The van der Waals surface area contributed by atoms with Gasteiger partial charge in [-0.25, -0.2) is 4.98 Å². The fraction of sp³-hybridized carbons (Fsp3) is 0.200. The van der Waals surface area contributed by atoms with Crippen LogP contribution in [0.3, 0.4) is 0 Å². The van der Waals surface area contributed by atoms with Crippen LogP contribution in [0.2, 0.25) is 0 Å². The first-order valence-electron chi connectivity index (χ1n) is 6.22. The average molecular weight is 269 g/mol. The number of rotatable bonds is 1. The molecule has 3 rings (SSSR count). The molecule has 1 N–H and O–H groups in total. The van der Waals surface area contributed by atoms with Gasteiger partial charge in [0.05, 0.1) is 11.2 Å². The van der Waals surface area contributed by atoms with Crippen molar-refractivity contribution in [2.45, 2.75) is 20.8 Å². The van der Waals surface area contributed by atoms with Crippen molar-refractivity contribution in [2.75, 3.05) is 0 Å². The van der Waals surface area contributed by atoms with Crippen LogP contribution in [0.15, 0.2) is 30.5 Å². The van der Waals surface area contributed by atoms with E-state index in [0.29, 0.717) is 4.77 Å². The van der Waals surface area contributed by atoms with Gasteiger partial charge < -0.3 is 4.98 Å². The van der Waals surface area contributed by atoms with Gasteiger partial charge in [-0.3, -0.25) is 4.57 Å². The molecule has 0 saturated carbocycles. The van der Waals surface area contributed by atoms with Gasteiger partial charge >= 0.3 is 0 Å². The molecule has 3 aromatic rings. The van der Waals surface area contributed by atoms with Crippen LogP contribution in [-0.4, -0.2) is 14.5 Å². The lowest BCUT2D eigenvalue weighted by molar-refractivity contribution is 1.03. The average Bonchev–Trinajstić information content (AvgIpc) is 2.70. The molecule has 0 aliphatic heterocycles. The van der Waals surface area contributed by atoms with Crippen LogP contribution in [0.25, 0.3) is 16.9 Å². The number of aryl methyl sites for hydroxylation is 3. The number of hydrogen-bond donors (Lipinski definition) is 1. The molecule has 0 atom stereocenters. The molecule has 4 heteroatoms. The van der Waals surface area contributed by atoms with Gasteiger partial charge in [-0.2, -0.15) is 0 Å². The predicted molar refractivity (Wildman–Crippen MR) is 80.5 cm³/mol. The van der Waals surface area contributed by atoms with E-state index in [1.165, 1.54) is 11.1 Å². The van der Waals surface area contributed by atoms with Gasteiger partial charge in [0.1, 0.15) is 0 Å². The van der Waals surface area contributed by atoms with E-state index < -0.39 is 0 Å². The first-order chi connectivity index (χ1) is 9.08. The second kappa shape index (κ2) is 4.31. The van der Waals surface area contributed by atoms with E-state index in [1.807, 2.05) is 16.8 Å². The van der Waals surface area contributed by atoms with E-state index in [4.69, 9.17) is 12.2 Å². The van der Waals surface area contributed by atoms with Crippen molar-refractivity contribution < 1.29 is 0 Å². The molecule has 0 bridgehead atoms. The number of nitrogens with one attached hydrogen (secondary N) is 1. The van der Waals surface area contributed by atoms with E-state index >= 15 is 0 Å². The molecule has 0 radical (unpaired) electrons. The van der Waals surface area contributed by atoms with Crippen molar-refractivity contribution in [1.29, 1.82) is 0 Å². The zero-order chi connectivity index (χ0) is 13.6. The van der Waals surface area contributed by atoms with Gasteiger partial charge in [-0.05, 0) is 61.8 Å². The van der Waals surface area contributed by atoms with E-state index in [0.717, 1.165) is 22.4 Å². The number of nitrogens with zero attached hydrogens (tertiary/aromatic N) is 2. The maximum absolute atomic E-state index is 5.46. The number of aromatic amines is 1. The van der Waals surface area contributed by atoms with Gasteiger partial charge in [0.2, 0.25) is 0 Å². The number of imidazole rings is 1. The first-order valence-corrected chi connectivity index (χ1v) is 6.63. The Morgan fingerprint density at radius 1 is 1.11 bits per heavy atom. The van der Waals surface area contributed by atoms with Crippen molar-refractivity contribution >= 4 is 23.4 Å². The third-order valence-electron chi connectivity index (χ3n) is 3.39. The van der Waals surface area contributed by atoms with E-state index in [9.17, 15) is 0 Å². The van der Waals surface area contributed by atoms with Crippen molar-refractivity contribution in [3.8, 4) is 5.69 Å². The maximum atomic E-state index is 5.46. The van der Waals surface area contributed by atoms with Crippen LogP contribution in [0, 0.1) is 25.5 Å². The number of hydrogen-bond acceptors (Lipinski definition) is 2. The Hall–Kier alpha value is -1.94. The Bertz CT molecular complexity index is 827. The zero-order valence-electron chi connectivity index (χ0n) is 11.2. The third kappa shape index (κ3) is 1.88. The van der Waals surface area contributed by atoms with Gasteiger partial charge in [0.15, 0.2) is 10.4 Å². The predicted octanol–water partition coefficient (Wildman–Crippen LogP) is 4.01. The topological polar surface area (TPSA) is 33.6 Å². The van der Waals surface area contributed by atoms with Gasteiger partial charge in [0.25, 0.3) is 0 Å². The molecule has 0 amide bonds. The lowest BCUT2D eigenvalue weighted by atomic mass is 10.1. The van der Waals surface area contributed by atoms with Crippen LogP contribution < -0.4 is 0 Å². The Kier molecular flexibility index (Phi) is 2.75. The molecule has 3 nitrogen and oxygen atoms in total. The lowest BCUT2D eigenvalue weighted by Gasteiger charge is -2.09. The summed E-state index contributed by atoms with van der Waals surface area (Å²) in [6.45, 7) is 6.23. The molecule has 2 heterocycles. The smallest absolute Gasteiger partial charge is 0.184 e. The van der Waals surface area contributed by atoms with Crippen LogP contribution >= 0.6 is 12.2 Å². The summed E-state index contributed by atoms with van der Waals surface area (Å²) in [5.74, 6) is 0. The second-order valence-electron chi connectivity index (χ2n) is 4.88. The summed E-state index contributed by atoms with van der Waals surface area (Å²) in [4.78, 5) is 7.73. The molecule has 0 aliphatic rings. The van der Waals surface area contributed by atoms with Crippen LogP contribution in [-0.2, 0) is 0 Å². The minimum absolute atomic E-state index is 0.686. The van der Waals surface area contributed by atoms with Gasteiger partial charge in [0, 0.05) is 6.20 Å². The van der Waals surface area contributed by atoms with E-state index in [1.54, 1.807) is 0 Å². The van der Waals surface area contributed by atoms with Gasteiger partial charge in [-0.15, -0.1) is 0 Å². The molecule has 0 aliphatic carbocycles. The number of pyridine rings is 1. The molecular weight excluding hydrogens is 254 g/mol. The Morgan fingerprint density at radius 3 is 2.68 bits per heavy atom. The van der Waals surface area contributed by atoms with Crippen molar-refractivity contribution in [3.63, 3.8) is 0 Å². The first kappa shape index (κ1) is 12.1. The minimum atomic E-state index is 0.686. The number of benzene rings is 1. The third-order valence-corrected chi connectivity index (χ3v) is 3.68. The monoisotopic (exact) mass is 269 g/mol. The summed E-state index contributed by atoms with van der Waals surface area (Å²) in [5.41, 5.74) is 6.54. The van der Waals surface area contributed by atoms with E-state index in [-0.39, 0.29) is 0 Å². The molecular formula is C15H15N3S. The molecule has 0 fully saturated rings. The quantitative estimate of drug-likeness (QED) is 0.677. The van der Waals surface area contributed by atoms with Crippen LogP contribution in [0.1, 0.15) is 16.7 Å².